The lowest BCUT2D eigenvalue weighted by molar-refractivity contribution is -0.119. The molecule has 1 atom stereocenters. The van der Waals surface area contributed by atoms with E-state index < -0.39 is 0 Å². The fraction of sp³-hybridized carbons (Fsp3) is 0.500. The topological polar surface area (TPSA) is 41.1 Å². The molecule has 0 aromatic heterocycles. The molecule has 1 heterocycles. The minimum atomic E-state index is 0.0626. The van der Waals surface area contributed by atoms with E-state index >= 15 is 0 Å². The summed E-state index contributed by atoms with van der Waals surface area (Å²) in [6.45, 7) is 3.34. The summed E-state index contributed by atoms with van der Waals surface area (Å²) in [6.07, 6.45) is 2.46. The van der Waals surface area contributed by atoms with Gasteiger partial charge in [0.25, 0.3) is 0 Å². The van der Waals surface area contributed by atoms with Crippen LogP contribution < -0.4 is 10.6 Å². The lowest BCUT2D eigenvalue weighted by Gasteiger charge is -2.22. The molecule has 1 fully saturated rings. The minimum Gasteiger partial charge on any atom is -0.376 e. The highest BCUT2D eigenvalue weighted by atomic mass is 32.2. The van der Waals surface area contributed by atoms with Crippen molar-refractivity contribution in [2.24, 2.45) is 0 Å². The molecule has 1 amide bonds. The number of anilines is 1. The van der Waals surface area contributed by atoms with Crippen molar-refractivity contribution >= 4 is 23.4 Å². The van der Waals surface area contributed by atoms with Gasteiger partial charge in [-0.3, -0.25) is 4.79 Å². The van der Waals surface area contributed by atoms with E-state index in [1.54, 1.807) is 0 Å². The van der Waals surface area contributed by atoms with Gasteiger partial charge in [0, 0.05) is 17.0 Å². The molecule has 4 heteroatoms. The molecule has 0 spiro atoms. The molecular weight excluding hydrogens is 244 g/mol. The van der Waals surface area contributed by atoms with E-state index in [4.69, 9.17) is 0 Å². The summed E-state index contributed by atoms with van der Waals surface area (Å²) in [4.78, 5) is 11.7. The SMILES string of the molecule is CC1(CNC(=O)CNc2ccccc2)CCCS1. The lowest BCUT2D eigenvalue weighted by Crippen LogP contribution is -2.39. The van der Waals surface area contributed by atoms with Crippen LogP contribution in [0.3, 0.4) is 0 Å². The highest BCUT2D eigenvalue weighted by Crippen LogP contribution is 2.36. The molecule has 0 bridgehead atoms. The lowest BCUT2D eigenvalue weighted by atomic mass is 10.1. The predicted molar refractivity (Wildman–Crippen MR) is 78.0 cm³/mol. The average molecular weight is 264 g/mol. The van der Waals surface area contributed by atoms with Gasteiger partial charge < -0.3 is 10.6 Å². The van der Waals surface area contributed by atoms with Crippen LogP contribution in [0.1, 0.15) is 19.8 Å². The van der Waals surface area contributed by atoms with E-state index in [0.717, 1.165) is 12.2 Å². The van der Waals surface area contributed by atoms with Gasteiger partial charge in [-0.05, 0) is 37.7 Å². The van der Waals surface area contributed by atoms with Gasteiger partial charge in [-0.25, -0.2) is 0 Å². The van der Waals surface area contributed by atoms with E-state index in [9.17, 15) is 4.79 Å². The van der Waals surface area contributed by atoms with Crippen LogP contribution >= 0.6 is 11.8 Å². The van der Waals surface area contributed by atoms with E-state index in [1.165, 1.54) is 18.6 Å². The van der Waals surface area contributed by atoms with Gasteiger partial charge in [-0.15, -0.1) is 0 Å². The summed E-state index contributed by atoms with van der Waals surface area (Å²) in [5.74, 6) is 1.28. The number of carbonyl (C=O) groups excluding carboxylic acids is 1. The Morgan fingerprint density at radius 2 is 2.17 bits per heavy atom. The Morgan fingerprint density at radius 3 is 2.83 bits per heavy atom. The van der Waals surface area contributed by atoms with E-state index in [0.29, 0.717) is 6.54 Å². The maximum absolute atomic E-state index is 11.7. The third kappa shape index (κ3) is 3.95. The summed E-state index contributed by atoms with van der Waals surface area (Å²) in [7, 11) is 0. The van der Waals surface area contributed by atoms with Crippen molar-refractivity contribution in [3.8, 4) is 0 Å². The fourth-order valence-electron chi connectivity index (χ4n) is 2.06. The van der Waals surface area contributed by atoms with Crippen LogP contribution in [-0.2, 0) is 4.79 Å². The standard InChI is InChI=1S/C14H20N2OS/c1-14(8-5-9-18-14)11-16-13(17)10-15-12-6-3-2-4-7-12/h2-4,6-7,15H,5,8-11H2,1H3,(H,16,17). The molecule has 1 aliphatic heterocycles. The number of thioether (sulfide) groups is 1. The van der Waals surface area contributed by atoms with Crippen LogP contribution in [0.2, 0.25) is 0 Å². The molecule has 1 aliphatic rings. The first-order chi connectivity index (χ1) is 8.68. The molecule has 1 saturated heterocycles. The number of hydrogen-bond donors (Lipinski definition) is 2. The van der Waals surface area contributed by atoms with Crippen LogP contribution in [0.15, 0.2) is 30.3 Å². The van der Waals surface area contributed by atoms with Crippen molar-refractivity contribution in [3.63, 3.8) is 0 Å². The molecule has 2 N–H and O–H groups in total. The molecule has 0 aliphatic carbocycles. The Bertz CT molecular complexity index is 388. The minimum absolute atomic E-state index is 0.0626. The number of para-hydroxylation sites is 1. The number of amides is 1. The van der Waals surface area contributed by atoms with Crippen molar-refractivity contribution in [3.05, 3.63) is 30.3 Å². The quantitative estimate of drug-likeness (QED) is 0.858. The van der Waals surface area contributed by atoms with E-state index in [-0.39, 0.29) is 10.7 Å². The molecule has 1 unspecified atom stereocenters. The number of nitrogens with one attached hydrogen (secondary N) is 2. The molecule has 2 rings (SSSR count). The van der Waals surface area contributed by atoms with Crippen molar-refractivity contribution < 1.29 is 4.79 Å². The van der Waals surface area contributed by atoms with E-state index in [1.807, 2.05) is 42.1 Å². The number of hydrogen-bond acceptors (Lipinski definition) is 3. The zero-order chi connectivity index (χ0) is 12.8. The monoisotopic (exact) mass is 264 g/mol. The zero-order valence-electron chi connectivity index (χ0n) is 10.7. The molecule has 0 radical (unpaired) electrons. The van der Waals surface area contributed by atoms with Gasteiger partial charge in [-0.2, -0.15) is 11.8 Å². The largest absolute Gasteiger partial charge is 0.376 e. The second-order valence-electron chi connectivity index (χ2n) is 4.90. The van der Waals surface area contributed by atoms with Crippen molar-refractivity contribution in [2.75, 3.05) is 24.2 Å². The summed E-state index contributed by atoms with van der Waals surface area (Å²) >= 11 is 1.97. The third-order valence-electron chi connectivity index (χ3n) is 3.19. The Morgan fingerprint density at radius 1 is 1.39 bits per heavy atom. The second-order valence-corrected chi connectivity index (χ2v) is 6.58. The van der Waals surface area contributed by atoms with Gasteiger partial charge in [0.15, 0.2) is 0 Å². The smallest absolute Gasteiger partial charge is 0.239 e. The zero-order valence-corrected chi connectivity index (χ0v) is 11.6. The predicted octanol–water partition coefficient (Wildman–Crippen LogP) is 2.50. The summed E-state index contributed by atoms with van der Waals surface area (Å²) in [5.41, 5.74) is 0.981. The van der Waals surface area contributed by atoms with Crippen molar-refractivity contribution in [2.45, 2.75) is 24.5 Å². The number of benzene rings is 1. The molecular formula is C14H20N2OS. The second kappa shape index (κ2) is 6.14. The highest BCUT2D eigenvalue weighted by molar-refractivity contribution is 8.00. The van der Waals surface area contributed by atoms with E-state index in [2.05, 4.69) is 17.6 Å². The number of rotatable bonds is 5. The van der Waals surface area contributed by atoms with Gasteiger partial charge in [0.05, 0.1) is 6.54 Å². The maximum atomic E-state index is 11.7. The first kappa shape index (κ1) is 13.3. The van der Waals surface area contributed by atoms with Crippen LogP contribution in [0.5, 0.6) is 0 Å². The molecule has 0 saturated carbocycles. The van der Waals surface area contributed by atoms with Crippen LogP contribution in [-0.4, -0.2) is 29.5 Å². The molecule has 18 heavy (non-hydrogen) atoms. The van der Waals surface area contributed by atoms with Gasteiger partial charge in [0.2, 0.25) is 5.91 Å². The summed E-state index contributed by atoms with van der Waals surface area (Å²) < 4.78 is 0.238. The first-order valence-electron chi connectivity index (χ1n) is 6.38. The first-order valence-corrected chi connectivity index (χ1v) is 7.36. The Hall–Kier alpha value is -1.16. The van der Waals surface area contributed by atoms with Crippen molar-refractivity contribution in [1.29, 1.82) is 0 Å². The van der Waals surface area contributed by atoms with Crippen LogP contribution in [0.4, 0.5) is 5.69 Å². The summed E-state index contributed by atoms with van der Waals surface area (Å²) in [5, 5.41) is 6.13. The number of carbonyl (C=O) groups is 1. The maximum Gasteiger partial charge on any atom is 0.239 e. The highest BCUT2D eigenvalue weighted by Gasteiger charge is 2.29. The Labute approximate surface area is 113 Å². The van der Waals surface area contributed by atoms with Gasteiger partial charge in [-0.1, -0.05) is 18.2 Å². The normalized spacial score (nSPS) is 22.7. The van der Waals surface area contributed by atoms with Crippen molar-refractivity contribution in [1.82, 2.24) is 5.32 Å². The Kier molecular flexibility index (Phi) is 4.53. The molecule has 1 aromatic rings. The molecule has 98 valence electrons. The average Bonchev–Trinajstić information content (AvgIpc) is 2.83. The van der Waals surface area contributed by atoms with Gasteiger partial charge >= 0.3 is 0 Å². The third-order valence-corrected chi connectivity index (χ3v) is 4.73. The fourth-order valence-corrected chi connectivity index (χ4v) is 3.31. The molecule has 1 aromatic carbocycles. The van der Waals surface area contributed by atoms with Gasteiger partial charge in [0.1, 0.15) is 0 Å². The Balaban J connectivity index is 1.69. The van der Waals surface area contributed by atoms with Crippen LogP contribution in [0.25, 0.3) is 0 Å². The summed E-state index contributed by atoms with van der Waals surface area (Å²) in [6, 6.07) is 9.79. The van der Waals surface area contributed by atoms with Crippen LogP contribution in [0, 0.1) is 0 Å². The molecule has 3 nitrogen and oxygen atoms in total.